The van der Waals surface area contributed by atoms with E-state index in [1.807, 2.05) is 6.92 Å². The van der Waals surface area contributed by atoms with Gasteiger partial charge in [0.2, 0.25) is 0 Å². The van der Waals surface area contributed by atoms with Crippen LogP contribution in [0, 0.1) is 12.7 Å². The molecule has 4 nitrogen and oxygen atoms in total. The first-order chi connectivity index (χ1) is 9.51. The van der Waals surface area contributed by atoms with E-state index in [0.29, 0.717) is 11.4 Å². The monoisotopic (exact) mass is 275 g/mol. The van der Waals surface area contributed by atoms with E-state index < -0.39 is 11.8 Å². The van der Waals surface area contributed by atoms with E-state index in [2.05, 4.69) is 5.32 Å². The largest absolute Gasteiger partial charge is 0.494 e. The molecule has 0 amide bonds. The second-order valence-electron chi connectivity index (χ2n) is 4.33. The third kappa shape index (κ3) is 2.88. The van der Waals surface area contributed by atoms with Crippen LogP contribution < -0.4 is 10.1 Å². The van der Waals surface area contributed by atoms with Gasteiger partial charge in [-0.25, -0.2) is 9.18 Å². The zero-order chi connectivity index (χ0) is 14.7. The lowest BCUT2D eigenvalue weighted by Crippen LogP contribution is -2.03. The first kappa shape index (κ1) is 13.9. The van der Waals surface area contributed by atoms with Crippen LogP contribution in [0.5, 0.6) is 5.75 Å². The van der Waals surface area contributed by atoms with Gasteiger partial charge in [-0.05, 0) is 36.8 Å². The van der Waals surface area contributed by atoms with Crippen molar-refractivity contribution in [2.75, 3.05) is 12.4 Å². The summed E-state index contributed by atoms with van der Waals surface area (Å²) in [6.45, 7) is 1.85. The number of halogens is 1. The van der Waals surface area contributed by atoms with Crippen molar-refractivity contribution in [2.45, 2.75) is 6.92 Å². The Morgan fingerprint density at radius 3 is 2.60 bits per heavy atom. The first-order valence-electron chi connectivity index (χ1n) is 5.96. The highest BCUT2D eigenvalue weighted by Gasteiger charge is 2.11. The van der Waals surface area contributed by atoms with Gasteiger partial charge < -0.3 is 15.2 Å². The van der Waals surface area contributed by atoms with E-state index in [4.69, 9.17) is 9.84 Å². The van der Waals surface area contributed by atoms with Crippen molar-refractivity contribution in [2.24, 2.45) is 0 Å². The summed E-state index contributed by atoms with van der Waals surface area (Å²) in [5.74, 6) is -1.42. The molecule has 5 heteroatoms. The molecule has 0 saturated carbocycles. The summed E-state index contributed by atoms with van der Waals surface area (Å²) in [6.07, 6.45) is 0. The lowest BCUT2D eigenvalue weighted by atomic mass is 10.1. The van der Waals surface area contributed by atoms with Crippen molar-refractivity contribution in [3.05, 3.63) is 53.3 Å². The maximum atomic E-state index is 13.6. The van der Waals surface area contributed by atoms with Gasteiger partial charge in [0.15, 0.2) is 11.6 Å². The minimum atomic E-state index is -1.04. The van der Waals surface area contributed by atoms with E-state index in [1.165, 1.54) is 25.3 Å². The fourth-order valence-electron chi connectivity index (χ4n) is 1.85. The molecule has 2 aromatic carbocycles. The number of aryl methyl sites for hydroxylation is 1. The normalized spacial score (nSPS) is 10.2. The molecule has 0 saturated heterocycles. The SMILES string of the molecule is COc1ccc(Nc2cc(C)ccc2C(=O)O)cc1F. The van der Waals surface area contributed by atoms with Crippen LogP contribution in [0.2, 0.25) is 0 Å². The molecule has 20 heavy (non-hydrogen) atoms. The molecular weight excluding hydrogens is 261 g/mol. The standard InChI is InChI=1S/C15H14FNO3/c1-9-3-5-11(15(18)19)13(7-9)17-10-4-6-14(20-2)12(16)8-10/h3-8,17H,1-2H3,(H,18,19). The zero-order valence-electron chi connectivity index (χ0n) is 11.1. The van der Waals surface area contributed by atoms with Crippen molar-refractivity contribution >= 4 is 17.3 Å². The molecule has 104 valence electrons. The summed E-state index contributed by atoms with van der Waals surface area (Å²) in [4.78, 5) is 11.2. The Morgan fingerprint density at radius 2 is 2.00 bits per heavy atom. The van der Waals surface area contributed by atoms with Crippen molar-refractivity contribution in [3.8, 4) is 5.75 Å². The summed E-state index contributed by atoms with van der Waals surface area (Å²) in [7, 11) is 1.38. The summed E-state index contributed by atoms with van der Waals surface area (Å²) in [5.41, 5.74) is 1.91. The molecule has 0 fully saturated rings. The fraction of sp³-hybridized carbons (Fsp3) is 0.133. The van der Waals surface area contributed by atoms with Gasteiger partial charge in [-0.3, -0.25) is 0 Å². The minimum Gasteiger partial charge on any atom is -0.494 e. The lowest BCUT2D eigenvalue weighted by molar-refractivity contribution is 0.0698. The number of hydrogen-bond donors (Lipinski definition) is 2. The highest BCUT2D eigenvalue weighted by molar-refractivity contribution is 5.95. The Balaban J connectivity index is 2.36. The Labute approximate surface area is 115 Å². The molecule has 2 N–H and O–H groups in total. The predicted octanol–water partition coefficient (Wildman–Crippen LogP) is 3.58. The number of anilines is 2. The maximum absolute atomic E-state index is 13.6. The average Bonchev–Trinajstić information content (AvgIpc) is 2.38. The second-order valence-corrected chi connectivity index (χ2v) is 4.33. The van der Waals surface area contributed by atoms with Crippen LogP contribution >= 0.6 is 0 Å². The topological polar surface area (TPSA) is 58.6 Å². The number of carbonyl (C=O) groups is 1. The Bertz CT molecular complexity index is 656. The van der Waals surface area contributed by atoms with Gasteiger partial charge in [-0.1, -0.05) is 6.07 Å². The van der Waals surface area contributed by atoms with Gasteiger partial charge in [-0.2, -0.15) is 0 Å². The van der Waals surface area contributed by atoms with Gasteiger partial charge in [0, 0.05) is 11.8 Å². The van der Waals surface area contributed by atoms with Gasteiger partial charge in [-0.15, -0.1) is 0 Å². The molecule has 0 heterocycles. The van der Waals surface area contributed by atoms with Gasteiger partial charge in [0.1, 0.15) is 0 Å². The van der Waals surface area contributed by atoms with E-state index in [0.717, 1.165) is 5.56 Å². The molecule has 2 aromatic rings. The smallest absolute Gasteiger partial charge is 0.337 e. The average molecular weight is 275 g/mol. The molecule has 2 rings (SSSR count). The molecule has 0 bridgehead atoms. The molecule has 0 radical (unpaired) electrons. The van der Waals surface area contributed by atoms with Gasteiger partial charge in [0.05, 0.1) is 18.4 Å². The Kier molecular flexibility index (Phi) is 3.89. The molecule has 0 atom stereocenters. The van der Waals surface area contributed by atoms with Crippen LogP contribution in [0.1, 0.15) is 15.9 Å². The quantitative estimate of drug-likeness (QED) is 0.895. The van der Waals surface area contributed by atoms with Crippen LogP contribution in [0.25, 0.3) is 0 Å². The van der Waals surface area contributed by atoms with Gasteiger partial charge >= 0.3 is 5.97 Å². The van der Waals surface area contributed by atoms with E-state index in [9.17, 15) is 9.18 Å². The fourth-order valence-corrected chi connectivity index (χ4v) is 1.85. The Hall–Kier alpha value is -2.56. The third-order valence-corrected chi connectivity index (χ3v) is 2.84. The third-order valence-electron chi connectivity index (χ3n) is 2.84. The number of ether oxygens (including phenoxy) is 1. The molecule has 0 aliphatic carbocycles. The molecule has 0 aliphatic heterocycles. The van der Waals surface area contributed by atoms with E-state index >= 15 is 0 Å². The van der Waals surface area contributed by atoms with Gasteiger partial charge in [0.25, 0.3) is 0 Å². The highest BCUT2D eigenvalue weighted by atomic mass is 19.1. The number of rotatable bonds is 4. The second kappa shape index (κ2) is 5.61. The van der Waals surface area contributed by atoms with Crippen molar-refractivity contribution in [1.82, 2.24) is 0 Å². The number of carboxylic acids is 1. The molecule has 0 unspecified atom stereocenters. The minimum absolute atomic E-state index is 0.131. The highest BCUT2D eigenvalue weighted by Crippen LogP contribution is 2.26. The predicted molar refractivity (Wildman–Crippen MR) is 74.4 cm³/mol. The molecule has 0 aliphatic rings. The van der Waals surface area contributed by atoms with Crippen molar-refractivity contribution < 1.29 is 19.0 Å². The van der Waals surface area contributed by atoms with E-state index in [-0.39, 0.29) is 11.3 Å². The number of aromatic carboxylic acids is 1. The summed E-state index contributed by atoms with van der Waals surface area (Å²) >= 11 is 0. The lowest BCUT2D eigenvalue weighted by Gasteiger charge is -2.11. The molecular formula is C15H14FNO3. The number of nitrogens with one attached hydrogen (secondary N) is 1. The number of methoxy groups -OCH3 is 1. The molecule has 0 spiro atoms. The first-order valence-corrected chi connectivity index (χ1v) is 5.96. The van der Waals surface area contributed by atoms with E-state index in [1.54, 1.807) is 18.2 Å². The maximum Gasteiger partial charge on any atom is 0.337 e. The number of hydrogen-bond acceptors (Lipinski definition) is 3. The number of benzene rings is 2. The zero-order valence-corrected chi connectivity index (χ0v) is 11.1. The molecule has 0 aromatic heterocycles. The number of carboxylic acid groups (broad SMARTS) is 1. The summed E-state index contributed by atoms with van der Waals surface area (Å²) in [6, 6.07) is 9.28. The van der Waals surface area contributed by atoms with Crippen LogP contribution in [-0.4, -0.2) is 18.2 Å². The van der Waals surface area contributed by atoms with Crippen LogP contribution in [-0.2, 0) is 0 Å². The van der Waals surface area contributed by atoms with Crippen LogP contribution in [0.15, 0.2) is 36.4 Å². The Morgan fingerprint density at radius 1 is 1.25 bits per heavy atom. The van der Waals surface area contributed by atoms with Crippen molar-refractivity contribution in [1.29, 1.82) is 0 Å². The summed E-state index contributed by atoms with van der Waals surface area (Å²) in [5, 5.41) is 12.0. The van der Waals surface area contributed by atoms with Crippen molar-refractivity contribution in [3.63, 3.8) is 0 Å². The van der Waals surface area contributed by atoms with Crippen LogP contribution in [0.4, 0.5) is 15.8 Å². The summed E-state index contributed by atoms with van der Waals surface area (Å²) < 4.78 is 18.4. The van der Waals surface area contributed by atoms with Crippen LogP contribution in [0.3, 0.4) is 0 Å².